The molecule has 5 nitrogen and oxygen atoms in total. The van der Waals surface area contributed by atoms with Crippen LogP contribution in [-0.2, 0) is 4.79 Å². The van der Waals surface area contributed by atoms with Crippen LogP contribution in [0.1, 0.15) is 12.8 Å². The zero-order chi connectivity index (χ0) is 12.1. The summed E-state index contributed by atoms with van der Waals surface area (Å²) in [5.41, 5.74) is 3.20. The van der Waals surface area contributed by atoms with Gasteiger partial charge in [-0.1, -0.05) is 12.1 Å². The Morgan fingerprint density at radius 1 is 1.47 bits per heavy atom. The van der Waals surface area contributed by atoms with E-state index in [4.69, 9.17) is 10.6 Å². The van der Waals surface area contributed by atoms with Crippen molar-refractivity contribution in [3.05, 3.63) is 24.3 Å². The number of fused-ring (bicyclic) bond motifs is 1. The number of hydrazine groups is 1. The van der Waals surface area contributed by atoms with Gasteiger partial charge in [0, 0.05) is 19.5 Å². The number of para-hydroxylation sites is 2. The molecule has 5 heteroatoms. The lowest BCUT2D eigenvalue weighted by atomic mass is 10.2. The number of carbonyl (C=O) groups is 1. The molecule has 1 aromatic rings. The van der Waals surface area contributed by atoms with Crippen molar-refractivity contribution < 1.29 is 9.53 Å². The lowest BCUT2D eigenvalue weighted by molar-refractivity contribution is -0.120. The molecule has 0 aliphatic carbocycles. The maximum Gasteiger partial charge on any atom is 0.235 e. The third-order valence-corrected chi connectivity index (χ3v) is 2.81. The van der Waals surface area contributed by atoms with Crippen molar-refractivity contribution in [2.24, 2.45) is 5.84 Å². The molecule has 2 rings (SSSR count). The highest BCUT2D eigenvalue weighted by Gasteiger charge is 2.16. The van der Waals surface area contributed by atoms with E-state index in [2.05, 4.69) is 10.3 Å². The van der Waals surface area contributed by atoms with E-state index in [0.717, 1.165) is 31.0 Å². The van der Waals surface area contributed by atoms with Crippen LogP contribution in [-0.4, -0.2) is 25.6 Å². The van der Waals surface area contributed by atoms with Gasteiger partial charge in [0.15, 0.2) is 0 Å². The monoisotopic (exact) mass is 235 g/mol. The van der Waals surface area contributed by atoms with Crippen LogP contribution in [0.3, 0.4) is 0 Å². The molecule has 1 aliphatic heterocycles. The predicted molar refractivity (Wildman–Crippen MR) is 65.7 cm³/mol. The van der Waals surface area contributed by atoms with Gasteiger partial charge in [-0.15, -0.1) is 0 Å². The number of amides is 1. The smallest absolute Gasteiger partial charge is 0.235 e. The molecule has 1 heterocycles. The summed E-state index contributed by atoms with van der Waals surface area (Å²) in [7, 11) is 0. The molecule has 17 heavy (non-hydrogen) atoms. The van der Waals surface area contributed by atoms with Gasteiger partial charge in [0.1, 0.15) is 5.75 Å². The van der Waals surface area contributed by atoms with Gasteiger partial charge in [0.2, 0.25) is 5.91 Å². The maximum absolute atomic E-state index is 11.2. The van der Waals surface area contributed by atoms with E-state index >= 15 is 0 Å². The van der Waals surface area contributed by atoms with E-state index in [1.807, 2.05) is 24.3 Å². The minimum absolute atomic E-state index is 0.146. The van der Waals surface area contributed by atoms with Gasteiger partial charge in [0.25, 0.3) is 0 Å². The summed E-state index contributed by atoms with van der Waals surface area (Å²) in [4.78, 5) is 13.3. The largest absolute Gasteiger partial charge is 0.491 e. The first kappa shape index (κ1) is 11.7. The maximum atomic E-state index is 11.2. The van der Waals surface area contributed by atoms with Crippen LogP contribution in [0.15, 0.2) is 24.3 Å². The summed E-state index contributed by atoms with van der Waals surface area (Å²) in [6, 6.07) is 7.90. The summed E-state index contributed by atoms with van der Waals surface area (Å²) in [6.07, 6.45) is 1.35. The molecule has 0 saturated carbocycles. The SMILES string of the molecule is NNC(=O)CCN1CCCOc2ccccc21. The van der Waals surface area contributed by atoms with Crippen molar-refractivity contribution in [2.45, 2.75) is 12.8 Å². The van der Waals surface area contributed by atoms with Crippen LogP contribution in [0.5, 0.6) is 5.75 Å². The molecule has 1 amide bonds. The van der Waals surface area contributed by atoms with Crippen LogP contribution >= 0.6 is 0 Å². The van der Waals surface area contributed by atoms with Crippen molar-refractivity contribution in [3.8, 4) is 5.75 Å². The molecular formula is C12H17N3O2. The molecule has 0 bridgehead atoms. The summed E-state index contributed by atoms with van der Waals surface area (Å²) < 4.78 is 5.64. The third kappa shape index (κ3) is 2.88. The third-order valence-electron chi connectivity index (χ3n) is 2.81. The van der Waals surface area contributed by atoms with E-state index in [1.165, 1.54) is 0 Å². The number of anilines is 1. The van der Waals surface area contributed by atoms with E-state index in [9.17, 15) is 4.79 Å². The molecule has 0 saturated heterocycles. The van der Waals surface area contributed by atoms with E-state index < -0.39 is 0 Å². The van der Waals surface area contributed by atoms with Crippen LogP contribution < -0.4 is 20.9 Å². The molecule has 3 N–H and O–H groups in total. The lowest BCUT2D eigenvalue weighted by Crippen LogP contribution is -2.34. The summed E-state index contributed by atoms with van der Waals surface area (Å²) in [5, 5.41) is 0. The van der Waals surface area contributed by atoms with E-state index in [0.29, 0.717) is 13.0 Å². The van der Waals surface area contributed by atoms with Gasteiger partial charge in [-0.3, -0.25) is 10.2 Å². The number of ether oxygens (including phenoxy) is 1. The fourth-order valence-electron chi connectivity index (χ4n) is 1.94. The van der Waals surface area contributed by atoms with Crippen molar-refractivity contribution in [1.82, 2.24) is 5.43 Å². The number of nitrogens with one attached hydrogen (secondary N) is 1. The molecule has 1 aliphatic rings. The Morgan fingerprint density at radius 3 is 3.12 bits per heavy atom. The van der Waals surface area contributed by atoms with Crippen molar-refractivity contribution >= 4 is 11.6 Å². The molecule has 0 unspecified atom stereocenters. The van der Waals surface area contributed by atoms with Crippen molar-refractivity contribution in [1.29, 1.82) is 0 Å². The second-order valence-corrected chi connectivity index (χ2v) is 3.97. The Labute approximate surface area is 101 Å². The number of nitrogens with two attached hydrogens (primary N) is 1. The lowest BCUT2D eigenvalue weighted by Gasteiger charge is -2.23. The van der Waals surface area contributed by atoms with Crippen LogP contribution in [0.4, 0.5) is 5.69 Å². The van der Waals surface area contributed by atoms with E-state index in [-0.39, 0.29) is 5.91 Å². The Hall–Kier alpha value is -1.75. The van der Waals surface area contributed by atoms with Crippen LogP contribution in [0.2, 0.25) is 0 Å². The van der Waals surface area contributed by atoms with Gasteiger partial charge >= 0.3 is 0 Å². The molecule has 0 radical (unpaired) electrons. The Bertz CT molecular complexity index is 395. The standard InChI is InChI=1S/C12H17N3O2/c13-14-12(16)6-8-15-7-3-9-17-11-5-2-1-4-10(11)15/h1-2,4-5H,3,6-9,13H2,(H,14,16). The Kier molecular flexibility index (Phi) is 3.82. The second kappa shape index (κ2) is 5.54. The highest BCUT2D eigenvalue weighted by Crippen LogP contribution is 2.30. The molecule has 0 spiro atoms. The first-order valence-electron chi connectivity index (χ1n) is 5.77. The molecule has 92 valence electrons. The molecule has 1 aromatic carbocycles. The fourth-order valence-corrected chi connectivity index (χ4v) is 1.94. The minimum atomic E-state index is -0.146. The number of rotatable bonds is 3. The topological polar surface area (TPSA) is 67.6 Å². The normalized spacial score (nSPS) is 14.5. The van der Waals surface area contributed by atoms with Crippen molar-refractivity contribution in [3.63, 3.8) is 0 Å². The van der Waals surface area contributed by atoms with Crippen LogP contribution in [0.25, 0.3) is 0 Å². The highest BCUT2D eigenvalue weighted by atomic mass is 16.5. The molecule has 0 fully saturated rings. The number of hydrogen-bond donors (Lipinski definition) is 2. The zero-order valence-corrected chi connectivity index (χ0v) is 9.69. The van der Waals surface area contributed by atoms with Crippen molar-refractivity contribution in [2.75, 3.05) is 24.6 Å². The molecule has 0 atom stereocenters. The first-order valence-corrected chi connectivity index (χ1v) is 5.77. The summed E-state index contributed by atoms with van der Waals surface area (Å²) in [5.74, 6) is 5.81. The number of benzene rings is 1. The quantitative estimate of drug-likeness (QED) is 0.459. The summed E-state index contributed by atoms with van der Waals surface area (Å²) >= 11 is 0. The van der Waals surface area contributed by atoms with Gasteiger partial charge in [-0.05, 0) is 18.6 Å². The Balaban J connectivity index is 2.09. The number of hydrogen-bond acceptors (Lipinski definition) is 4. The number of carbonyl (C=O) groups excluding carboxylic acids is 1. The van der Waals surface area contributed by atoms with Gasteiger partial charge < -0.3 is 9.64 Å². The van der Waals surface area contributed by atoms with Gasteiger partial charge in [-0.25, -0.2) is 5.84 Å². The van der Waals surface area contributed by atoms with Crippen LogP contribution in [0, 0.1) is 0 Å². The zero-order valence-electron chi connectivity index (χ0n) is 9.69. The summed E-state index contributed by atoms with van der Waals surface area (Å²) in [6.45, 7) is 2.27. The van der Waals surface area contributed by atoms with E-state index in [1.54, 1.807) is 0 Å². The minimum Gasteiger partial charge on any atom is -0.491 e. The van der Waals surface area contributed by atoms with Gasteiger partial charge in [0.05, 0.1) is 12.3 Å². The second-order valence-electron chi connectivity index (χ2n) is 3.97. The predicted octanol–water partition coefficient (Wildman–Crippen LogP) is 0.655. The van der Waals surface area contributed by atoms with Gasteiger partial charge in [-0.2, -0.15) is 0 Å². The molecule has 0 aromatic heterocycles. The average Bonchev–Trinajstić information content (AvgIpc) is 2.58. The average molecular weight is 235 g/mol. The highest BCUT2D eigenvalue weighted by molar-refractivity contribution is 5.76. The fraction of sp³-hybridized carbons (Fsp3) is 0.417. The molecular weight excluding hydrogens is 218 g/mol. The number of nitrogens with zero attached hydrogens (tertiary/aromatic N) is 1. The Morgan fingerprint density at radius 2 is 2.29 bits per heavy atom. The first-order chi connectivity index (χ1) is 8.31.